The standard InChI is InChI=1S/C14H25N3O3S/c1-10(8-21-5)17-9-15-6-12(17)11(7-18)16-13(19)20-14(2,3)4/h6,9-11,18H,7-8H2,1-5H3,(H,16,19). The van der Waals surface area contributed by atoms with Crippen LogP contribution < -0.4 is 5.32 Å². The molecule has 0 saturated carbocycles. The Labute approximate surface area is 130 Å². The first kappa shape index (κ1) is 17.8. The molecule has 1 aromatic heterocycles. The molecule has 2 N–H and O–H groups in total. The first-order valence-electron chi connectivity index (χ1n) is 6.89. The van der Waals surface area contributed by atoms with Gasteiger partial charge in [0.15, 0.2) is 0 Å². The Kier molecular flexibility index (Phi) is 6.54. The van der Waals surface area contributed by atoms with Crippen LogP contribution in [-0.4, -0.2) is 45.0 Å². The lowest BCUT2D eigenvalue weighted by atomic mass is 10.2. The molecule has 0 aliphatic heterocycles. The molecule has 0 saturated heterocycles. The number of amides is 1. The molecule has 0 bridgehead atoms. The molecule has 1 amide bonds. The van der Waals surface area contributed by atoms with Crippen LogP contribution in [-0.2, 0) is 4.74 Å². The second-order valence-electron chi connectivity index (χ2n) is 5.91. The van der Waals surface area contributed by atoms with Crippen LogP contribution in [0, 0.1) is 0 Å². The average molecular weight is 315 g/mol. The summed E-state index contributed by atoms with van der Waals surface area (Å²) in [5.41, 5.74) is 0.195. The van der Waals surface area contributed by atoms with Crippen LogP contribution in [0.1, 0.15) is 45.5 Å². The normalized spacial score (nSPS) is 14.6. The summed E-state index contributed by atoms with van der Waals surface area (Å²) in [7, 11) is 0. The predicted octanol–water partition coefficient (Wildman–Crippen LogP) is 2.37. The molecule has 2 atom stereocenters. The Hall–Kier alpha value is -1.21. The molecule has 7 heteroatoms. The molecule has 120 valence electrons. The van der Waals surface area contributed by atoms with Gasteiger partial charge in [0.1, 0.15) is 5.60 Å². The molecule has 1 heterocycles. The van der Waals surface area contributed by atoms with E-state index in [4.69, 9.17) is 4.74 Å². The van der Waals surface area contributed by atoms with Gasteiger partial charge < -0.3 is 19.7 Å². The zero-order chi connectivity index (χ0) is 16.0. The third-order valence-corrected chi connectivity index (χ3v) is 3.63. The van der Waals surface area contributed by atoms with Gasteiger partial charge in [0, 0.05) is 11.8 Å². The predicted molar refractivity (Wildman–Crippen MR) is 84.5 cm³/mol. The lowest BCUT2D eigenvalue weighted by Gasteiger charge is -2.24. The summed E-state index contributed by atoms with van der Waals surface area (Å²) in [5, 5.41) is 12.2. The quantitative estimate of drug-likeness (QED) is 0.843. The van der Waals surface area contributed by atoms with Crippen molar-refractivity contribution in [3.63, 3.8) is 0 Å². The van der Waals surface area contributed by atoms with Crippen LogP contribution in [0.3, 0.4) is 0 Å². The van der Waals surface area contributed by atoms with E-state index < -0.39 is 17.7 Å². The van der Waals surface area contributed by atoms with Crippen molar-refractivity contribution in [1.29, 1.82) is 0 Å². The van der Waals surface area contributed by atoms with Crippen molar-refractivity contribution in [1.82, 2.24) is 14.9 Å². The van der Waals surface area contributed by atoms with Crippen LogP contribution >= 0.6 is 11.8 Å². The molecule has 0 aliphatic rings. The molecular formula is C14H25N3O3S. The van der Waals surface area contributed by atoms with Crippen LogP contribution in [0.15, 0.2) is 12.5 Å². The summed E-state index contributed by atoms with van der Waals surface area (Å²) in [6, 6.07) is -0.307. The van der Waals surface area contributed by atoms with Crippen molar-refractivity contribution < 1.29 is 14.6 Å². The molecule has 21 heavy (non-hydrogen) atoms. The first-order valence-corrected chi connectivity index (χ1v) is 8.29. The third-order valence-electron chi connectivity index (χ3n) is 2.81. The fourth-order valence-corrected chi connectivity index (χ4v) is 2.58. The van der Waals surface area contributed by atoms with Gasteiger partial charge in [-0.15, -0.1) is 0 Å². The lowest BCUT2D eigenvalue weighted by molar-refractivity contribution is 0.0478. The second-order valence-corrected chi connectivity index (χ2v) is 6.82. The number of rotatable bonds is 6. The van der Waals surface area contributed by atoms with Gasteiger partial charge >= 0.3 is 6.09 Å². The zero-order valence-corrected chi connectivity index (χ0v) is 14.1. The number of aromatic nitrogens is 2. The smallest absolute Gasteiger partial charge is 0.408 e. The summed E-state index contributed by atoms with van der Waals surface area (Å²) in [5.74, 6) is 0.925. The van der Waals surface area contributed by atoms with Crippen LogP contribution in [0.5, 0.6) is 0 Å². The Morgan fingerprint density at radius 2 is 2.24 bits per heavy atom. The van der Waals surface area contributed by atoms with Crippen molar-refractivity contribution >= 4 is 17.9 Å². The van der Waals surface area contributed by atoms with E-state index in [0.717, 1.165) is 11.4 Å². The molecule has 2 unspecified atom stereocenters. The van der Waals surface area contributed by atoms with E-state index in [9.17, 15) is 9.90 Å². The SMILES string of the molecule is CSCC(C)n1cncc1C(CO)NC(=O)OC(C)(C)C. The Bertz CT molecular complexity index is 457. The number of carbonyl (C=O) groups excluding carboxylic acids is 1. The van der Waals surface area contributed by atoms with Crippen LogP contribution in [0.4, 0.5) is 4.79 Å². The van der Waals surface area contributed by atoms with E-state index in [2.05, 4.69) is 17.2 Å². The molecule has 0 aromatic carbocycles. The average Bonchev–Trinajstić information content (AvgIpc) is 2.83. The van der Waals surface area contributed by atoms with Crippen LogP contribution in [0.2, 0.25) is 0 Å². The summed E-state index contributed by atoms with van der Waals surface area (Å²) in [6.45, 7) is 7.25. The monoisotopic (exact) mass is 315 g/mol. The Balaban J connectivity index is 2.81. The molecule has 6 nitrogen and oxygen atoms in total. The second kappa shape index (κ2) is 7.70. The lowest BCUT2D eigenvalue weighted by Crippen LogP contribution is -2.37. The minimum Gasteiger partial charge on any atom is -0.444 e. The van der Waals surface area contributed by atoms with Gasteiger partial charge in [-0.25, -0.2) is 9.78 Å². The third kappa shape index (κ3) is 5.59. The number of aliphatic hydroxyl groups is 1. The Morgan fingerprint density at radius 3 is 2.76 bits per heavy atom. The van der Waals surface area contributed by atoms with Crippen molar-refractivity contribution in [3.8, 4) is 0 Å². The van der Waals surface area contributed by atoms with Crippen molar-refractivity contribution in [2.24, 2.45) is 0 Å². The van der Waals surface area contributed by atoms with Gasteiger partial charge in [0.05, 0.1) is 30.9 Å². The number of aliphatic hydroxyl groups excluding tert-OH is 1. The van der Waals surface area contributed by atoms with Crippen LogP contribution in [0.25, 0.3) is 0 Å². The molecule has 1 rings (SSSR count). The number of nitrogens with zero attached hydrogens (tertiary/aromatic N) is 2. The van der Waals surface area contributed by atoms with E-state index >= 15 is 0 Å². The van der Waals surface area contributed by atoms with E-state index in [1.54, 1.807) is 45.1 Å². The van der Waals surface area contributed by atoms with Gasteiger partial charge in [0.25, 0.3) is 0 Å². The number of hydrogen-bond donors (Lipinski definition) is 2. The van der Waals surface area contributed by atoms with Gasteiger partial charge in [-0.2, -0.15) is 11.8 Å². The molecule has 0 aliphatic carbocycles. The highest BCUT2D eigenvalue weighted by Crippen LogP contribution is 2.20. The fourth-order valence-electron chi connectivity index (χ4n) is 1.94. The number of imidazole rings is 1. The van der Waals surface area contributed by atoms with Gasteiger partial charge in [0.2, 0.25) is 0 Å². The largest absolute Gasteiger partial charge is 0.444 e. The number of nitrogens with one attached hydrogen (secondary N) is 1. The number of carbonyl (C=O) groups is 1. The maximum Gasteiger partial charge on any atom is 0.408 e. The number of ether oxygens (including phenoxy) is 1. The topological polar surface area (TPSA) is 76.4 Å². The Morgan fingerprint density at radius 1 is 1.57 bits per heavy atom. The van der Waals surface area contributed by atoms with E-state index in [1.165, 1.54) is 0 Å². The highest BCUT2D eigenvalue weighted by atomic mass is 32.2. The minimum absolute atomic E-state index is 0.211. The molecule has 1 aromatic rings. The molecular weight excluding hydrogens is 290 g/mol. The fraction of sp³-hybridized carbons (Fsp3) is 0.714. The molecule has 0 spiro atoms. The highest BCUT2D eigenvalue weighted by Gasteiger charge is 2.23. The van der Waals surface area contributed by atoms with Gasteiger partial charge in [-0.05, 0) is 34.0 Å². The summed E-state index contributed by atoms with van der Waals surface area (Å²) in [6.07, 6.45) is 4.87. The van der Waals surface area contributed by atoms with E-state index in [1.807, 2.05) is 10.8 Å². The summed E-state index contributed by atoms with van der Waals surface area (Å²) < 4.78 is 7.19. The zero-order valence-electron chi connectivity index (χ0n) is 13.3. The van der Waals surface area contributed by atoms with Crippen molar-refractivity contribution in [2.75, 3.05) is 18.6 Å². The summed E-state index contributed by atoms with van der Waals surface area (Å²) in [4.78, 5) is 16.0. The molecule has 0 fully saturated rings. The number of hydrogen-bond acceptors (Lipinski definition) is 5. The van der Waals surface area contributed by atoms with Crippen molar-refractivity contribution in [2.45, 2.75) is 45.4 Å². The van der Waals surface area contributed by atoms with Gasteiger partial charge in [-0.1, -0.05) is 0 Å². The summed E-state index contributed by atoms with van der Waals surface area (Å²) >= 11 is 1.73. The van der Waals surface area contributed by atoms with Gasteiger partial charge in [-0.3, -0.25) is 0 Å². The first-order chi connectivity index (χ1) is 9.78. The number of thioether (sulfide) groups is 1. The number of alkyl carbamates (subject to hydrolysis) is 1. The maximum absolute atomic E-state index is 11.9. The van der Waals surface area contributed by atoms with E-state index in [0.29, 0.717) is 0 Å². The maximum atomic E-state index is 11.9. The van der Waals surface area contributed by atoms with Crippen molar-refractivity contribution in [3.05, 3.63) is 18.2 Å². The molecule has 0 radical (unpaired) electrons. The van der Waals surface area contributed by atoms with E-state index in [-0.39, 0.29) is 12.6 Å². The highest BCUT2D eigenvalue weighted by molar-refractivity contribution is 7.98. The minimum atomic E-state index is -0.573.